The first kappa shape index (κ1) is 8.75. The topological polar surface area (TPSA) is 68.5 Å². The highest BCUT2D eigenvalue weighted by molar-refractivity contribution is 6.00. The normalized spacial score (nSPS) is 19.9. The van der Waals surface area contributed by atoms with Gasteiger partial charge in [-0.3, -0.25) is 15.0 Å². The van der Waals surface area contributed by atoms with Gasteiger partial charge < -0.3 is 0 Å². The molecule has 5 nitrogen and oxygen atoms in total. The van der Waals surface area contributed by atoms with Crippen LogP contribution in [-0.4, -0.2) is 23.3 Å². The van der Waals surface area contributed by atoms with E-state index in [-0.39, 0.29) is 11.8 Å². The smallest absolute Gasteiger partial charge is 0.236 e. The first-order valence-electron chi connectivity index (χ1n) is 4.52. The summed E-state index contributed by atoms with van der Waals surface area (Å²) >= 11 is 0. The summed E-state index contributed by atoms with van der Waals surface area (Å²) in [4.78, 5) is 17.1. The third kappa shape index (κ3) is 1.59. The summed E-state index contributed by atoms with van der Waals surface area (Å²) in [7, 11) is 0. The van der Waals surface area contributed by atoms with Gasteiger partial charge in [-0.1, -0.05) is 0 Å². The fourth-order valence-corrected chi connectivity index (χ4v) is 1.29. The fraction of sp³-hybridized carbons (Fsp3) is 0.444. The molecule has 1 amide bonds. The van der Waals surface area contributed by atoms with Crippen LogP contribution in [0.3, 0.4) is 0 Å². The number of nitrogens with zero attached hydrogens (tertiary/aromatic N) is 3. The van der Waals surface area contributed by atoms with Crippen molar-refractivity contribution in [3.05, 3.63) is 12.3 Å². The second kappa shape index (κ2) is 3.50. The number of guanidine groups is 1. The van der Waals surface area contributed by atoms with Crippen molar-refractivity contribution in [3.63, 3.8) is 0 Å². The first-order valence-corrected chi connectivity index (χ1v) is 4.52. The molecule has 1 heterocycles. The van der Waals surface area contributed by atoms with Crippen LogP contribution in [0.2, 0.25) is 0 Å². The van der Waals surface area contributed by atoms with Crippen molar-refractivity contribution >= 4 is 11.9 Å². The molecule has 2 aliphatic rings. The van der Waals surface area contributed by atoms with E-state index in [0.29, 0.717) is 12.5 Å². The predicted octanol–water partition coefficient (Wildman–Crippen LogP) is 0.179. The number of amides is 1. The molecule has 0 spiro atoms. The van der Waals surface area contributed by atoms with E-state index in [4.69, 9.17) is 5.26 Å². The van der Waals surface area contributed by atoms with Gasteiger partial charge in [0.25, 0.3) is 0 Å². The van der Waals surface area contributed by atoms with Crippen LogP contribution in [0.15, 0.2) is 17.3 Å². The lowest BCUT2D eigenvalue weighted by Gasteiger charge is -2.21. The summed E-state index contributed by atoms with van der Waals surface area (Å²) in [5.41, 5.74) is 0. The molecule has 0 radical (unpaired) electrons. The van der Waals surface area contributed by atoms with Gasteiger partial charge in [0, 0.05) is 12.1 Å². The second-order valence-corrected chi connectivity index (χ2v) is 3.27. The molecule has 0 aromatic carbocycles. The average Bonchev–Trinajstić information content (AvgIpc) is 3.01. The van der Waals surface area contributed by atoms with E-state index in [1.54, 1.807) is 18.5 Å². The highest BCUT2D eigenvalue weighted by Crippen LogP contribution is 2.31. The van der Waals surface area contributed by atoms with Crippen LogP contribution in [0.5, 0.6) is 0 Å². The molecule has 1 N–H and O–H groups in total. The average molecular weight is 190 g/mol. The number of nitriles is 1. The molecule has 0 saturated heterocycles. The zero-order valence-corrected chi connectivity index (χ0v) is 7.60. The maximum absolute atomic E-state index is 11.7. The Morgan fingerprint density at radius 2 is 2.50 bits per heavy atom. The third-order valence-electron chi connectivity index (χ3n) is 2.16. The van der Waals surface area contributed by atoms with E-state index in [2.05, 4.69) is 10.3 Å². The molecule has 0 bridgehead atoms. The minimum Gasteiger partial charge on any atom is -0.274 e. The Hall–Kier alpha value is -1.83. The molecule has 5 heteroatoms. The summed E-state index contributed by atoms with van der Waals surface area (Å²) in [5.74, 6) is 0.498. The minimum absolute atomic E-state index is 0.0300. The van der Waals surface area contributed by atoms with Crippen LogP contribution < -0.4 is 5.32 Å². The molecule has 1 aliphatic heterocycles. The van der Waals surface area contributed by atoms with Gasteiger partial charge in [-0.25, -0.2) is 4.99 Å². The van der Waals surface area contributed by atoms with E-state index in [1.807, 2.05) is 0 Å². The highest BCUT2D eigenvalue weighted by atomic mass is 16.2. The molecular formula is C9H10N4O. The lowest BCUT2D eigenvalue weighted by atomic mass is 10.3. The molecule has 0 unspecified atom stereocenters. The van der Waals surface area contributed by atoms with E-state index in [9.17, 15) is 4.79 Å². The van der Waals surface area contributed by atoms with Gasteiger partial charge in [0.15, 0.2) is 6.19 Å². The van der Waals surface area contributed by atoms with Gasteiger partial charge in [0.2, 0.25) is 11.9 Å². The van der Waals surface area contributed by atoms with E-state index < -0.39 is 0 Å². The van der Waals surface area contributed by atoms with Crippen LogP contribution in [0, 0.1) is 17.4 Å². The number of rotatable bonds is 1. The summed E-state index contributed by atoms with van der Waals surface area (Å²) in [6.07, 6.45) is 7.14. The Morgan fingerprint density at radius 1 is 1.71 bits per heavy atom. The standard InChI is InChI=1S/C9H10N4O/c10-6-12-9-11-4-1-5-13(9)8(14)7-2-3-7/h1,5,7H,2-4H2,(H,11,12). The predicted molar refractivity (Wildman–Crippen MR) is 49.8 cm³/mol. The van der Waals surface area contributed by atoms with Crippen molar-refractivity contribution < 1.29 is 4.79 Å². The van der Waals surface area contributed by atoms with Gasteiger partial charge in [-0.05, 0) is 18.9 Å². The molecule has 0 aromatic rings. The van der Waals surface area contributed by atoms with Gasteiger partial charge in [-0.15, -0.1) is 0 Å². The van der Waals surface area contributed by atoms with Crippen LogP contribution in [0.1, 0.15) is 12.8 Å². The Labute approximate surface area is 81.7 Å². The maximum atomic E-state index is 11.7. The minimum atomic E-state index is 0.0300. The molecule has 72 valence electrons. The summed E-state index contributed by atoms with van der Waals surface area (Å²) in [6, 6.07) is 0. The Balaban J connectivity index is 2.10. The van der Waals surface area contributed by atoms with Gasteiger partial charge in [0.05, 0.1) is 6.54 Å². The molecular weight excluding hydrogens is 180 g/mol. The Kier molecular flexibility index (Phi) is 2.19. The number of carbonyl (C=O) groups excluding carboxylic acids is 1. The molecule has 1 saturated carbocycles. The molecule has 0 aromatic heterocycles. The van der Waals surface area contributed by atoms with Crippen molar-refractivity contribution in [2.24, 2.45) is 10.9 Å². The lowest BCUT2D eigenvalue weighted by molar-refractivity contribution is -0.126. The van der Waals surface area contributed by atoms with Gasteiger partial charge in [0.1, 0.15) is 0 Å². The zero-order chi connectivity index (χ0) is 9.97. The molecule has 0 atom stereocenters. The van der Waals surface area contributed by atoms with Crippen LogP contribution in [-0.2, 0) is 4.79 Å². The number of carbonyl (C=O) groups is 1. The number of aliphatic imine (C=N–C) groups is 1. The van der Waals surface area contributed by atoms with E-state index in [0.717, 1.165) is 12.8 Å². The molecule has 1 fully saturated rings. The number of hydrogen-bond donors (Lipinski definition) is 1. The molecule has 14 heavy (non-hydrogen) atoms. The largest absolute Gasteiger partial charge is 0.274 e. The first-order chi connectivity index (χ1) is 6.83. The van der Waals surface area contributed by atoms with Crippen molar-refractivity contribution in [2.45, 2.75) is 12.8 Å². The van der Waals surface area contributed by atoms with Crippen molar-refractivity contribution in [1.82, 2.24) is 10.2 Å². The Bertz CT molecular complexity index is 348. The highest BCUT2D eigenvalue weighted by Gasteiger charge is 2.34. The van der Waals surface area contributed by atoms with Crippen molar-refractivity contribution in [1.29, 1.82) is 5.26 Å². The van der Waals surface area contributed by atoms with Crippen LogP contribution in [0.25, 0.3) is 0 Å². The van der Waals surface area contributed by atoms with Crippen LogP contribution in [0.4, 0.5) is 0 Å². The van der Waals surface area contributed by atoms with E-state index >= 15 is 0 Å². The molecule has 2 rings (SSSR count). The lowest BCUT2D eigenvalue weighted by Crippen LogP contribution is -2.42. The number of hydrogen-bond acceptors (Lipinski definition) is 4. The quantitative estimate of drug-likeness (QED) is 0.473. The van der Waals surface area contributed by atoms with Crippen molar-refractivity contribution in [3.8, 4) is 6.19 Å². The van der Waals surface area contributed by atoms with Gasteiger partial charge in [-0.2, -0.15) is 5.26 Å². The number of nitrogens with one attached hydrogen (secondary N) is 1. The maximum Gasteiger partial charge on any atom is 0.236 e. The SMILES string of the molecule is N#CNC1=NCC=CN1C(=O)C1CC1. The van der Waals surface area contributed by atoms with Crippen molar-refractivity contribution in [2.75, 3.05) is 6.54 Å². The molecule has 1 aliphatic carbocycles. The van der Waals surface area contributed by atoms with E-state index in [1.165, 1.54) is 4.90 Å². The zero-order valence-electron chi connectivity index (χ0n) is 7.60. The van der Waals surface area contributed by atoms with Gasteiger partial charge >= 0.3 is 0 Å². The summed E-state index contributed by atoms with van der Waals surface area (Å²) < 4.78 is 0. The Morgan fingerprint density at radius 3 is 3.14 bits per heavy atom. The summed E-state index contributed by atoms with van der Waals surface area (Å²) in [6.45, 7) is 0.512. The summed E-state index contributed by atoms with van der Waals surface area (Å²) in [5, 5.41) is 10.9. The second-order valence-electron chi connectivity index (χ2n) is 3.27. The third-order valence-corrected chi connectivity index (χ3v) is 2.16. The fourth-order valence-electron chi connectivity index (χ4n) is 1.29. The van der Waals surface area contributed by atoms with Crippen LogP contribution >= 0.6 is 0 Å². The monoisotopic (exact) mass is 190 g/mol.